The van der Waals surface area contributed by atoms with Crippen molar-refractivity contribution in [3.63, 3.8) is 0 Å². The predicted octanol–water partition coefficient (Wildman–Crippen LogP) is 4.27. The zero-order valence-electron chi connectivity index (χ0n) is 12.8. The van der Waals surface area contributed by atoms with Crippen LogP contribution in [0.4, 0.5) is 5.69 Å². The molecule has 0 saturated carbocycles. The second-order valence-corrected chi connectivity index (χ2v) is 5.57. The average molecular weight is 300 g/mol. The quantitative estimate of drug-likeness (QED) is 0.524. The summed E-state index contributed by atoms with van der Waals surface area (Å²) >= 11 is 0. The number of benzene rings is 3. The maximum Gasteiger partial charge on any atom is 0.115 e. The summed E-state index contributed by atoms with van der Waals surface area (Å²) in [4.78, 5) is 4.86. The van der Waals surface area contributed by atoms with E-state index in [4.69, 9.17) is 4.99 Å². The van der Waals surface area contributed by atoms with Crippen molar-refractivity contribution >= 4 is 27.5 Å². The van der Waals surface area contributed by atoms with Gasteiger partial charge in [0, 0.05) is 17.8 Å². The zero-order valence-corrected chi connectivity index (χ0v) is 12.8. The van der Waals surface area contributed by atoms with Crippen LogP contribution in [-0.2, 0) is 7.05 Å². The molecule has 112 valence electrons. The lowest BCUT2D eigenvalue weighted by atomic mass is 10.1. The van der Waals surface area contributed by atoms with Gasteiger partial charge in [-0.15, -0.1) is 0 Å². The van der Waals surface area contributed by atoms with Crippen LogP contribution < -0.4 is 5.36 Å². The molecule has 0 atom stereocenters. The maximum atomic E-state index is 9.46. The van der Waals surface area contributed by atoms with Crippen molar-refractivity contribution < 1.29 is 5.11 Å². The molecule has 0 spiro atoms. The second-order valence-electron chi connectivity index (χ2n) is 5.57. The number of hydrogen-bond acceptors (Lipinski definition) is 2. The third-order valence-corrected chi connectivity index (χ3v) is 4.13. The minimum atomic E-state index is 0.248. The zero-order chi connectivity index (χ0) is 15.8. The van der Waals surface area contributed by atoms with Crippen molar-refractivity contribution in [3.8, 4) is 5.75 Å². The summed E-state index contributed by atoms with van der Waals surface area (Å²) in [5.41, 5.74) is 3.11. The molecular weight excluding hydrogens is 284 g/mol. The highest BCUT2D eigenvalue weighted by Gasteiger charge is 2.06. The number of aromatic nitrogens is 1. The van der Waals surface area contributed by atoms with Crippen molar-refractivity contribution in [1.82, 2.24) is 4.57 Å². The molecule has 0 saturated heterocycles. The monoisotopic (exact) mass is 300 g/mol. The summed E-state index contributed by atoms with van der Waals surface area (Å²) in [6.07, 6.45) is 0. The van der Waals surface area contributed by atoms with E-state index in [9.17, 15) is 5.11 Å². The van der Waals surface area contributed by atoms with Crippen LogP contribution in [0.15, 0.2) is 77.8 Å². The first kappa shape index (κ1) is 13.6. The second kappa shape index (κ2) is 5.29. The van der Waals surface area contributed by atoms with E-state index in [0.29, 0.717) is 0 Å². The van der Waals surface area contributed by atoms with Gasteiger partial charge in [0.15, 0.2) is 0 Å². The van der Waals surface area contributed by atoms with Crippen molar-refractivity contribution in [3.05, 3.63) is 78.2 Å². The fourth-order valence-electron chi connectivity index (χ4n) is 2.98. The molecule has 0 unspecified atom stereocenters. The molecular formula is C20H16N2O. The molecule has 0 aliphatic carbocycles. The van der Waals surface area contributed by atoms with E-state index in [0.717, 1.165) is 32.9 Å². The largest absolute Gasteiger partial charge is 0.508 e. The van der Waals surface area contributed by atoms with Crippen molar-refractivity contribution in [2.45, 2.75) is 0 Å². The fraction of sp³-hybridized carbons (Fsp3) is 0.0500. The lowest BCUT2D eigenvalue weighted by molar-refractivity contribution is 0.475. The number of aryl methyl sites for hydroxylation is 1. The van der Waals surface area contributed by atoms with Crippen LogP contribution in [0.5, 0.6) is 5.75 Å². The molecule has 4 rings (SSSR count). The Labute approximate surface area is 133 Å². The molecule has 1 N–H and O–H groups in total. The van der Waals surface area contributed by atoms with E-state index >= 15 is 0 Å². The topological polar surface area (TPSA) is 37.5 Å². The van der Waals surface area contributed by atoms with Crippen LogP contribution in [-0.4, -0.2) is 9.67 Å². The third kappa shape index (κ3) is 2.27. The summed E-state index contributed by atoms with van der Waals surface area (Å²) in [5, 5.41) is 12.6. The third-order valence-electron chi connectivity index (χ3n) is 4.13. The van der Waals surface area contributed by atoms with Gasteiger partial charge in [-0.2, -0.15) is 0 Å². The molecule has 0 amide bonds. The minimum Gasteiger partial charge on any atom is -0.508 e. The van der Waals surface area contributed by atoms with E-state index in [1.165, 1.54) is 0 Å². The molecule has 3 nitrogen and oxygen atoms in total. The van der Waals surface area contributed by atoms with Crippen molar-refractivity contribution in [2.24, 2.45) is 12.0 Å². The molecule has 3 aromatic carbocycles. The summed E-state index contributed by atoms with van der Waals surface area (Å²) in [7, 11) is 2.08. The summed E-state index contributed by atoms with van der Waals surface area (Å²) in [6, 6.07) is 23.5. The van der Waals surface area contributed by atoms with Gasteiger partial charge >= 0.3 is 0 Å². The van der Waals surface area contributed by atoms with E-state index in [1.807, 2.05) is 36.4 Å². The number of hydrogen-bond donors (Lipinski definition) is 1. The molecule has 23 heavy (non-hydrogen) atoms. The molecule has 3 heteroatoms. The Morgan fingerprint density at radius 3 is 1.83 bits per heavy atom. The number of para-hydroxylation sites is 2. The van der Waals surface area contributed by atoms with Gasteiger partial charge in [0.05, 0.1) is 22.1 Å². The van der Waals surface area contributed by atoms with Gasteiger partial charge in [-0.3, -0.25) is 0 Å². The molecule has 0 bridgehead atoms. The smallest absolute Gasteiger partial charge is 0.115 e. The van der Waals surface area contributed by atoms with Crippen molar-refractivity contribution in [1.29, 1.82) is 0 Å². The molecule has 4 aromatic rings. The number of nitrogens with zero attached hydrogens (tertiary/aromatic N) is 2. The minimum absolute atomic E-state index is 0.248. The lowest BCUT2D eigenvalue weighted by Crippen LogP contribution is -2.10. The van der Waals surface area contributed by atoms with Crippen LogP contribution in [0.1, 0.15) is 0 Å². The Bertz CT molecular complexity index is 1020. The Morgan fingerprint density at radius 1 is 0.739 bits per heavy atom. The van der Waals surface area contributed by atoms with E-state index in [1.54, 1.807) is 12.1 Å². The number of fused-ring (bicyclic) bond motifs is 2. The Kier molecular flexibility index (Phi) is 3.12. The highest BCUT2D eigenvalue weighted by Crippen LogP contribution is 2.20. The lowest BCUT2D eigenvalue weighted by Gasteiger charge is -2.11. The Balaban J connectivity index is 2.18. The molecule has 0 fully saturated rings. The van der Waals surface area contributed by atoms with Gasteiger partial charge in [0.25, 0.3) is 0 Å². The standard InChI is InChI=1S/C20H16N2O/c1-22-18-8-4-2-6-16(18)20(17-7-3-5-9-19(17)22)21-14-10-12-15(23)13-11-14/h2-13,23H,1H3. The van der Waals surface area contributed by atoms with Gasteiger partial charge < -0.3 is 9.67 Å². The fourth-order valence-corrected chi connectivity index (χ4v) is 2.98. The normalized spacial score (nSPS) is 11.0. The Hall–Kier alpha value is -3.07. The van der Waals surface area contributed by atoms with E-state index < -0.39 is 0 Å². The van der Waals surface area contributed by atoms with Crippen LogP contribution in [0, 0.1) is 0 Å². The van der Waals surface area contributed by atoms with Crippen LogP contribution in [0.25, 0.3) is 21.8 Å². The average Bonchev–Trinajstić information content (AvgIpc) is 2.60. The maximum absolute atomic E-state index is 9.46. The highest BCUT2D eigenvalue weighted by atomic mass is 16.3. The SMILES string of the molecule is Cn1c2ccccc2c(=Nc2ccc(O)cc2)c2ccccc21. The number of phenolic OH excluding ortho intramolecular Hbond substituents is 1. The molecule has 0 radical (unpaired) electrons. The first-order valence-corrected chi connectivity index (χ1v) is 7.54. The number of phenols is 1. The predicted molar refractivity (Wildman–Crippen MR) is 93.8 cm³/mol. The summed E-state index contributed by atoms with van der Waals surface area (Å²) in [6.45, 7) is 0. The van der Waals surface area contributed by atoms with E-state index in [2.05, 4.69) is 35.9 Å². The molecule has 0 aliphatic rings. The van der Waals surface area contributed by atoms with Gasteiger partial charge in [0.2, 0.25) is 0 Å². The number of rotatable bonds is 1. The van der Waals surface area contributed by atoms with Crippen LogP contribution >= 0.6 is 0 Å². The van der Waals surface area contributed by atoms with E-state index in [-0.39, 0.29) is 5.75 Å². The summed E-state index contributed by atoms with van der Waals surface area (Å²) in [5.74, 6) is 0.248. The number of aromatic hydroxyl groups is 1. The first-order chi connectivity index (χ1) is 11.2. The van der Waals surface area contributed by atoms with Gasteiger partial charge in [0.1, 0.15) is 5.75 Å². The van der Waals surface area contributed by atoms with Gasteiger partial charge in [-0.1, -0.05) is 36.4 Å². The molecule has 1 heterocycles. The Morgan fingerprint density at radius 2 is 1.26 bits per heavy atom. The van der Waals surface area contributed by atoms with Gasteiger partial charge in [-0.25, -0.2) is 4.99 Å². The highest BCUT2D eigenvalue weighted by molar-refractivity contribution is 5.93. The van der Waals surface area contributed by atoms with Gasteiger partial charge in [-0.05, 0) is 36.4 Å². The first-order valence-electron chi connectivity index (χ1n) is 7.54. The molecule has 1 aromatic heterocycles. The van der Waals surface area contributed by atoms with Crippen LogP contribution in [0.3, 0.4) is 0 Å². The van der Waals surface area contributed by atoms with Crippen molar-refractivity contribution in [2.75, 3.05) is 0 Å². The molecule has 0 aliphatic heterocycles. The van der Waals surface area contributed by atoms with Crippen LogP contribution in [0.2, 0.25) is 0 Å². The summed E-state index contributed by atoms with van der Waals surface area (Å²) < 4.78 is 2.19. The number of pyridine rings is 1.